The monoisotopic (exact) mass is 324 g/mol. The van der Waals surface area contributed by atoms with Gasteiger partial charge in [-0.15, -0.1) is 0 Å². The lowest BCUT2D eigenvalue weighted by Gasteiger charge is -2.43. The van der Waals surface area contributed by atoms with Gasteiger partial charge in [-0.25, -0.2) is 0 Å². The Morgan fingerprint density at radius 1 is 1.25 bits per heavy atom. The van der Waals surface area contributed by atoms with Gasteiger partial charge in [0.1, 0.15) is 0 Å². The molecule has 0 spiro atoms. The highest BCUT2D eigenvalue weighted by molar-refractivity contribution is 5.93. The van der Waals surface area contributed by atoms with Crippen molar-refractivity contribution in [3.05, 3.63) is 36.7 Å². The molecule has 0 amide bonds. The van der Waals surface area contributed by atoms with Crippen LogP contribution in [-0.4, -0.2) is 55.2 Å². The van der Waals surface area contributed by atoms with Crippen molar-refractivity contribution >= 4 is 16.5 Å². The maximum absolute atomic E-state index is 4.26. The molecule has 2 atom stereocenters. The fourth-order valence-corrected chi connectivity index (χ4v) is 4.28. The Labute approximate surface area is 144 Å². The minimum absolute atomic E-state index is 0.609. The lowest BCUT2D eigenvalue weighted by Crippen LogP contribution is -2.54. The van der Waals surface area contributed by atoms with E-state index in [-0.39, 0.29) is 0 Å². The quantitative estimate of drug-likeness (QED) is 0.941. The fourth-order valence-electron chi connectivity index (χ4n) is 4.28. The van der Waals surface area contributed by atoms with E-state index >= 15 is 0 Å². The molecule has 2 aliphatic rings. The number of piperidine rings is 1. The molecule has 2 aromatic rings. The van der Waals surface area contributed by atoms with Crippen molar-refractivity contribution in [1.82, 2.24) is 15.2 Å². The summed E-state index contributed by atoms with van der Waals surface area (Å²) in [6.45, 7) is 9.43. The van der Waals surface area contributed by atoms with Gasteiger partial charge in [0.05, 0.1) is 0 Å². The van der Waals surface area contributed by atoms with Gasteiger partial charge in [-0.05, 0) is 50.9 Å². The number of nitrogens with one attached hydrogen (secondary N) is 1. The molecule has 4 heteroatoms. The van der Waals surface area contributed by atoms with Crippen LogP contribution < -0.4 is 10.2 Å². The van der Waals surface area contributed by atoms with Crippen molar-refractivity contribution in [3.8, 4) is 0 Å². The zero-order valence-electron chi connectivity index (χ0n) is 14.6. The Morgan fingerprint density at radius 2 is 2.21 bits per heavy atom. The van der Waals surface area contributed by atoms with Crippen LogP contribution in [0.1, 0.15) is 19.8 Å². The van der Waals surface area contributed by atoms with E-state index in [2.05, 4.69) is 51.3 Å². The summed E-state index contributed by atoms with van der Waals surface area (Å²) < 4.78 is 0. The Hall–Kier alpha value is -1.65. The highest BCUT2D eigenvalue weighted by Gasteiger charge is 2.27. The van der Waals surface area contributed by atoms with E-state index in [1.54, 1.807) is 0 Å². The number of aromatic nitrogens is 1. The molecule has 2 saturated heterocycles. The van der Waals surface area contributed by atoms with Gasteiger partial charge in [-0.3, -0.25) is 9.88 Å². The van der Waals surface area contributed by atoms with Gasteiger partial charge in [-0.1, -0.05) is 12.1 Å². The summed E-state index contributed by atoms with van der Waals surface area (Å²) in [5, 5.41) is 6.11. The first-order valence-corrected chi connectivity index (χ1v) is 9.34. The summed E-state index contributed by atoms with van der Waals surface area (Å²) in [6.07, 6.45) is 6.59. The van der Waals surface area contributed by atoms with Crippen LogP contribution in [0.3, 0.4) is 0 Å². The zero-order valence-corrected chi connectivity index (χ0v) is 14.6. The lowest BCUT2D eigenvalue weighted by atomic mass is 9.97. The third-order valence-corrected chi connectivity index (χ3v) is 5.66. The second kappa shape index (κ2) is 7.08. The molecule has 0 aliphatic carbocycles. The molecular weight excluding hydrogens is 296 g/mol. The smallest absolute Gasteiger partial charge is 0.0448 e. The van der Waals surface area contributed by atoms with Gasteiger partial charge < -0.3 is 10.2 Å². The van der Waals surface area contributed by atoms with Crippen molar-refractivity contribution in [2.24, 2.45) is 5.92 Å². The SMILES string of the molecule is CC1CN(c2cccc3cnccc23)CCN1CC1CCCNC1. The summed E-state index contributed by atoms with van der Waals surface area (Å²) in [6, 6.07) is 9.33. The number of fused-ring (bicyclic) bond motifs is 1. The average Bonchev–Trinajstić information content (AvgIpc) is 2.64. The molecule has 2 unspecified atom stereocenters. The molecule has 1 aromatic heterocycles. The molecule has 2 fully saturated rings. The minimum Gasteiger partial charge on any atom is -0.368 e. The highest BCUT2D eigenvalue weighted by atomic mass is 15.3. The normalized spacial score (nSPS) is 26.0. The molecule has 4 nitrogen and oxygen atoms in total. The molecule has 24 heavy (non-hydrogen) atoms. The Balaban J connectivity index is 1.45. The Morgan fingerprint density at radius 3 is 3.04 bits per heavy atom. The van der Waals surface area contributed by atoms with E-state index < -0.39 is 0 Å². The summed E-state index contributed by atoms with van der Waals surface area (Å²) in [4.78, 5) is 9.51. The molecule has 0 saturated carbocycles. The van der Waals surface area contributed by atoms with E-state index in [1.165, 1.54) is 55.5 Å². The number of hydrogen-bond donors (Lipinski definition) is 1. The minimum atomic E-state index is 0.609. The number of rotatable bonds is 3. The van der Waals surface area contributed by atoms with Gasteiger partial charge in [0, 0.05) is 61.1 Å². The topological polar surface area (TPSA) is 31.4 Å². The molecule has 0 radical (unpaired) electrons. The fraction of sp³-hybridized carbons (Fsp3) is 0.550. The molecule has 4 rings (SSSR count). The second-order valence-electron chi connectivity index (χ2n) is 7.38. The second-order valence-corrected chi connectivity index (χ2v) is 7.38. The summed E-state index contributed by atoms with van der Waals surface area (Å²) in [7, 11) is 0. The number of pyridine rings is 1. The van der Waals surface area contributed by atoms with Gasteiger partial charge in [0.15, 0.2) is 0 Å². The molecule has 1 N–H and O–H groups in total. The van der Waals surface area contributed by atoms with Crippen molar-refractivity contribution in [2.75, 3.05) is 44.2 Å². The largest absolute Gasteiger partial charge is 0.368 e. The predicted molar refractivity (Wildman–Crippen MR) is 101 cm³/mol. The van der Waals surface area contributed by atoms with Gasteiger partial charge in [0.25, 0.3) is 0 Å². The first-order valence-electron chi connectivity index (χ1n) is 9.34. The van der Waals surface area contributed by atoms with E-state index in [4.69, 9.17) is 0 Å². The predicted octanol–water partition coefficient (Wildman–Crippen LogP) is 2.74. The molecular formula is C20H28N4. The Kier molecular flexibility index (Phi) is 4.67. The van der Waals surface area contributed by atoms with Crippen LogP contribution in [-0.2, 0) is 0 Å². The number of piperazine rings is 1. The number of benzene rings is 1. The highest BCUT2D eigenvalue weighted by Crippen LogP contribution is 2.28. The van der Waals surface area contributed by atoms with Crippen molar-refractivity contribution in [2.45, 2.75) is 25.8 Å². The van der Waals surface area contributed by atoms with Crippen molar-refractivity contribution in [1.29, 1.82) is 0 Å². The van der Waals surface area contributed by atoms with Gasteiger partial charge in [0.2, 0.25) is 0 Å². The maximum atomic E-state index is 4.26. The average molecular weight is 324 g/mol. The first kappa shape index (κ1) is 15.9. The molecule has 1 aromatic carbocycles. The van der Waals surface area contributed by atoms with Crippen LogP contribution in [0.5, 0.6) is 0 Å². The van der Waals surface area contributed by atoms with Crippen molar-refractivity contribution < 1.29 is 0 Å². The molecule has 2 aliphatic heterocycles. The van der Waals surface area contributed by atoms with E-state index in [1.807, 2.05) is 12.4 Å². The van der Waals surface area contributed by atoms with Crippen LogP contribution in [0.25, 0.3) is 10.8 Å². The van der Waals surface area contributed by atoms with E-state index in [0.29, 0.717) is 6.04 Å². The third-order valence-electron chi connectivity index (χ3n) is 5.66. The molecule has 128 valence electrons. The Bertz CT molecular complexity index is 675. The van der Waals surface area contributed by atoms with Gasteiger partial charge in [-0.2, -0.15) is 0 Å². The standard InChI is InChI=1S/C20H28N4/c1-16-14-24(11-10-23(16)15-17-4-3-8-21-12-17)20-6-2-5-18-13-22-9-7-19(18)20/h2,5-7,9,13,16-17,21H,3-4,8,10-12,14-15H2,1H3. The van der Waals surface area contributed by atoms with Crippen LogP contribution in [0, 0.1) is 5.92 Å². The van der Waals surface area contributed by atoms with E-state index in [9.17, 15) is 0 Å². The number of anilines is 1. The number of hydrogen-bond acceptors (Lipinski definition) is 4. The van der Waals surface area contributed by atoms with Crippen LogP contribution in [0.2, 0.25) is 0 Å². The van der Waals surface area contributed by atoms with Crippen molar-refractivity contribution in [3.63, 3.8) is 0 Å². The molecule has 0 bridgehead atoms. The number of nitrogens with zero attached hydrogens (tertiary/aromatic N) is 3. The third kappa shape index (κ3) is 3.26. The summed E-state index contributed by atoms with van der Waals surface area (Å²) >= 11 is 0. The first-order chi connectivity index (χ1) is 11.8. The van der Waals surface area contributed by atoms with Crippen LogP contribution in [0.4, 0.5) is 5.69 Å². The summed E-state index contributed by atoms with van der Waals surface area (Å²) in [5.74, 6) is 0.830. The van der Waals surface area contributed by atoms with E-state index in [0.717, 1.165) is 19.0 Å². The van der Waals surface area contributed by atoms with Crippen LogP contribution in [0.15, 0.2) is 36.7 Å². The lowest BCUT2D eigenvalue weighted by molar-refractivity contribution is 0.149. The zero-order chi connectivity index (χ0) is 16.4. The summed E-state index contributed by atoms with van der Waals surface area (Å²) in [5.41, 5.74) is 1.36. The van der Waals surface area contributed by atoms with Crippen LogP contribution >= 0.6 is 0 Å². The molecule has 3 heterocycles. The maximum Gasteiger partial charge on any atom is 0.0448 e. The van der Waals surface area contributed by atoms with Gasteiger partial charge >= 0.3 is 0 Å².